The smallest absolute Gasteiger partial charge is 0.264 e. The summed E-state index contributed by atoms with van der Waals surface area (Å²) in [7, 11) is -4.02. The van der Waals surface area contributed by atoms with E-state index in [1.54, 1.807) is 18.2 Å². The van der Waals surface area contributed by atoms with Gasteiger partial charge in [0.2, 0.25) is 5.91 Å². The van der Waals surface area contributed by atoms with Gasteiger partial charge in [-0.3, -0.25) is 9.10 Å². The Morgan fingerprint density at radius 3 is 2.35 bits per heavy atom. The predicted octanol–water partition coefficient (Wildman–Crippen LogP) is 5.94. The Balaban J connectivity index is 1.58. The van der Waals surface area contributed by atoms with Crippen LogP contribution >= 0.6 is 23.2 Å². The highest BCUT2D eigenvalue weighted by atomic mass is 35.5. The van der Waals surface area contributed by atoms with Crippen LogP contribution in [0.2, 0.25) is 10.0 Å². The van der Waals surface area contributed by atoms with Crippen molar-refractivity contribution in [3.05, 3.63) is 93.5 Å². The maximum Gasteiger partial charge on any atom is 0.264 e. The van der Waals surface area contributed by atoms with Gasteiger partial charge in [-0.2, -0.15) is 0 Å². The molecule has 4 rings (SSSR count). The van der Waals surface area contributed by atoms with Crippen LogP contribution in [0.4, 0.5) is 5.69 Å². The maximum atomic E-state index is 13.5. The number of hydrogen-bond acceptors (Lipinski definition) is 3. The minimum atomic E-state index is -4.02. The van der Waals surface area contributed by atoms with Gasteiger partial charge in [0.1, 0.15) is 6.54 Å². The van der Waals surface area contributed by atoms with Gasteiger partial charge in [0.15, 0.2) is 0 Å². The first-order valence-corrected chi connectivity index (χ1v) is 13.4. The number of anilines is 1. The molecule has 0 saturated heterocycles. The summed E-state index contributed by atoms with van der Waals surface area (Å²) in [5, 5.41) is 3.45. The van der Waals surface area contributed by atoms with Crippen LogP contribution in [0.1, 0.15) is 42.5 Å². The Labute approximate surface area is 210 Å². The van der Waals surface area contributed by atoms with Crippen molar-refractivity contribution in [3.63, 3.8) is 0 Å². The van der Waals surface area contributed by atoms with E-state index in [9.17, 15) is 13.2 Å². The van der Waals surface area contributed by atoms with Crippen molar-refractivity contribution in [2.45, 2.75) is 43.5 Å². The Hall–Kier alpha value is -2.54. The van der Waals surface area contributed by atoms with Gasteiger partial charge in [-0.1, -0.05) is 59.6 Å². The van der Waals surface area contributed by atoms with Crippen molar-refractivity contribution >= 4 is 44.8 Å². The lowest BCUT2D eigenvalue weighted by Gasteiger charge is -2.26. The Morgan fingerprint density at radius 2 is 1.65 bits per heavy atom. The van der Waals surface area contributed by atoms with E-state index in [2.05, 4.69) is 17.4 Å². The zero-order chi connectivity index (χ0) is 24.3. The molecule has 1 atom stereocenters. The second kappa shape index (κ2) is 10.4. The minimum absolute atomic E-state index is 0.0802. The summed E-state index contributed by atoms with van der Waals surface area (Å²) >= 11 is 12.2. The van der Waals surface area contributed by atoms with E-state index in [1.807, 2.05) is 13.0 Å². The number of halogens is 2. The first-order valence-electron chi connectivity index (χ1n) is 11.2. The van der Waals surface area contributed by atoms with Gasteiger partial charge in [0.25, 0.3) is 10.0 Å². The van der Waals surface area contributed by atoms with Gasteiger partial charge in [0.05, 0.1) is 26.7 Å². The molecule has 0 bridgehead atoms. The summed E-state index contributed by atoms with van der Waals surface area (Å²) < 4.78 is 28.0. The molecule has 3 aromatic carbocycles. The zero-order valence-electron chi connectivity index (χ0n) is 18.8. The Bertz CT molecular complexity index is 1300. The highest BCUT2D eigenvalue weighted by molar-refractivity contribution is 7.92. The number of benzene rings is 3. The average Bonchev–Trinajstić information content (AvgIpc) is 2.84. The van der Waals surface area contributed by atoms with Crippen LogP contribution in [-0.2, 0) is 27.7 Å². The largest absolute Gasteiger partial charge is 0.348 e. The lowest BCUT2D eigenvalue weighted by Crippen LogP contribution is -2.41. The van der Waals surface area contributed by atoms with Crippen LogP contribution in [0.5, 0.6) is 0 Å². The van der Waals surface area contributed by atoms with E-state index in [1.165, 1.54) is 54.3 Å². The summed E-state index contributed by atoms with van der Waals surface area (Å²) in [5.74, 6) is -0.421. The molecule has 178 valence electrons. The first kappa shape index (κ1) is 24.6. The van der Waals surface area contributed by atoms with Crippen molar-refractivity contribution in [3.8, 4) is 0 Å². The molecule has 0 saturated carbocycles. The number of hydrogen-bond donors (Lipinski definition) is 1. The number of amides is 1. The van der Waals surface area contributed by atoms with Gasteiger partial charge in [0, 0.05) is 0 Å². The lowest BCUT2D eigenvalue weighted by atomic mass is 9.89. The van der Waals surface area contributed by atoms with Crippen LogP contribution in [-0.4, -0.2) is 20.9 Å². The number of nitrogens with zero attached hydrogens (tertiary/aromatic N) is 1. The highest BCUT2D eigenvalue weighted by Gasteiger charge is 2.28. The van der Waals surface area contributed by atoms with Crippen molar-refractivity contribution in [1.82, 2.24) is 5.32 Å². The molecule has 8 heteroatoms. The normalized spacial score (nSPS) is 14.2. The van der Waals surface area contributed by atoms with Gasteiger partial charge < -0.3 is 5.32 Å². The van der Waals surface area contributed by atoms with Gasteiger partial charge >= 0.3 is 0 Å². The molecule has 0 aliphatic heterocycles. The van der Waals surface area contributed by atoms with E-state index in [-0.39, 0.29) is 21.6 Å². The number of carbonyl (C=O) groups excluding carboxylic acids is 1. The van der Waals surface area contributed by atoms with E-state index in [0.717, 1.165) is 22.7 Å². The van der Waals surface area contributed by atoms with Gasteiger partial charge in [-0.25, -0.2) is 8.42 Å². The SMILES string of the molecule is C[C@@H](NC(=O)CN(c1ccc(Cl)c(Cl)c1)S(=O)(=O)c1ccccc1)c1ccc2c(c1)CCCC2. The fourth-order valence-corrected chi connectivity index (χ4v) is 5.92. The van der Waals surface area contributed by atoms with E-state index in [4.69, 9.17) is 23.2 Å². The predicted molar refractivity (Wildman–Crippen MR) is 137 cm³/mol. The molecule has 0 spiro atoms. The molecule has 1 amide bonds. The molecule has 5 nitrogen and oxygen atoms in total. The van der Waals surface area contributed by atoms with Crippen LogP contribution in [0.25, 0.3) is 0 Å². The van der Waals surface area contributed by atoms with Crippen molar-refractivity contribution < 1.29 is 13.2 Å². The average molecular weight is 517 g/mol. The molecule has 1 N–H and O–H groups in total. The standard InChI is InChI=1S/C26H26Cl2N2O3S/c1-18(20-12-11-19-7-5-6-8-21(19)15-20)29-26(31)17-30(22-13-14-24(27)25(28)16-22)34(32,33)23-9-3-2-4-10-23/h2-4,9-16,18H,5-8,17H2,1H3,(H,29,31)/t18-/m1/s1. The lowest BCUT2D eigenvalue weighted by molar-refractivity contribution is -0.120. The van der Waals surface area contributed by atoms with E-state index < -0.39 is 22.5 Å². The summed E-state index contributed by atoms with van der Waals surface area (Å²) in [6, 6.07) is 18.5. The summed E-state index contributed by atoms with van der Waals surface area (Å²) in [4.78, 5) is 13.1. The number of aryl methyl sites for hydroxylation is 2. The maximum absolute atomic E-state index is 13.5. The molecule has 0 radical (unpaired) electrons. The number of nitrogens with one attached hydrogen (secondary N) is 1. The van der Waals surface area contributed by atoms with Gasteiger partial charge in [-0.15, -0.1) is 0 Å². The van der Waals surface area contributed by atoms with Crippen LogP contribution in [0.3, 0.4) is 0 Å². The zero-order valence-corrected chi connectivity index (χ0v) is 21.1. The molecule has 34 heavy (non-hydrogen) atoms. The molecule has 0 unspecified atom stereocenters. The first-order chi connectivity index (χ1) is 16.3. The van der Waals surface area contributed by atoms with Crippen molar-refractivity contribution in [2.24, 2.45) is 0 Å². The van der Waals surface area contributed by atoms with Crippen LogP contribution < -0.4 is 9.62 Å². The fraction of sp³-hybridized carbons (Fsp3) is 0.269. The number of sulfonamides is 1. The third-order valence-corrected chi connectivity index (χ3v) is 8.59. The molecule has 0 fully saturated rings. The molecule has 1 aliphatic rings. The number of rotatable bonds is 7. The molecular weight excluding hydrogens is 491 g/mol. The van der Waals surface area contributed by atoms with Gasteiger partial charge in [-0.05, 0) is 79.6 Å². The van der Waals surface area contributed by atoms with Crippen LogP contribution in [0, 0.1) is 0 Å². The monoisotopic (exact) mass is 516 g/mol. The molecular formula is C26H26Cl2N2O3S. The molecule has 0 heterocycles. The van der Waals surface area contributed by atoms with Crippen molar-refractivity contribution in [1.29, 1.82) is 0 Å². The quantitative estimate of drug-likeness (QED) is 0.422. The molecule has 0 aromatic heterocycles. The van der Waals surface area contributed by atoms with Crippen LogP contribution in [0.15, 0.2) is 71.6 Å². The fourth-order valence-electron chi connectivity index (χ4n) is 4.20. The van der Waals surface area contributed by atoms with Crippen molar-refractivity contribution in [2.75, 3.05) is 10.8 Å². The minimum Gasteiger partial charge on any atom is -0.348 e. The number of carbonyl (C=O) groups is 1. The second-order valence-corrected chi connectivity index (χ2v) is 11.1. The topological polar surface area (TPSA) is 66.5 Å². The Morgan fingerprint density at radius 1 is 0.941 bits per heavy atom. The van der Waals surface area contributed by atoms with E-state index in [0.29, 0.717) is 5.02 Å². The highest BCUT2D eigenvalue weighted by Crippen LogP contribution is 2.31. The summed E-state index contributed by atoms with van der Waals surface area (Å²) in [6.45, 7) is 1.50. The molecule has 1 aliphatic carbocycles. The third-order valence-electron chi connectivity index (χ3n) is 6.06. The summed E-state index contributed by atoms with van der Waals surface area (Å²) in [5.41, 5.74) is 3.96. The third kappa shape index (κ3) is 5.40. The summed E-state index contributed by atoms with van der Waals surface area (Å²) in [6.07, 6.45) is 4.52. The number of fused-ring (bicyclic) bond motifs is 1. The second-order valence-electron chi connectivity index (χ2n) is 8.45. The Kier molecular flexibility index (Phi) is 7.51. The molecule has 3 aromatic rings. The van der Waals surface area contributed by atoms with E-state index >= 15 is 0 Å².